The average molecular weight is 437 g/mol. The van der Waals surface area contributed by atoms with Gasteiger partial charge in [-0.15, -0.1) is 0 Å². The van der Waals surface area contributed by atoms with Gasteiger partial charge in [0.1, 0.15) is 18.6 Å². The summed E-state index contributed by atoms with van der Waals surface area (Å²) in [5.74, 6) is -7.74. The maximum atomic E-state index is 13.9. The first-order valence-electron chi connectivity index (χ1n) is 10.0. The van der Waals surface area contributed by atoms with Gasteiger partial charge in [-0.3, -0.25) is 0 Å². The van der Waals surface area contributed by atoms with E-state index in [0.29, 0.717) is 25.2 Å². The maximum Gasteiger partial charge on any atom is 0.348 e. The van der Waals surface area contributed by atoms with E-state index in [1.165, 1.54) is 4.90 Å². The van der Waals surface area contributed by atoms with Crippen LogP contribution in [0.2, 0.25) is 0 Å². The van der Waals surface area contributed by atoms with Gasteiger partial charge in [0.2, 0.25) is 0 Å². The van der Waals surface area contributed by atoms with E-state index in [1.54, 1.807) is 12.1 Å². The minimum atomic E-state index is -4.27. The first-order valence-corrected chi connectivity index (χ1v) is 10.0. The molecule has 0 saturated heterocycles. The molecule has 0 aliphatic carbocycles. The molecule has 0 N–H and O–H groups in total. The molecule has 31 heavy (non-hydrogen) atoms. The fraction of sp³-hybridized carbons (Fsp3) is 0.375. The molecule has 2 aromatic rings. The molecule has 1 aliphatic heterocycles. The molecule has 0 aromatic heterocycles. The fourth-order valence-electron chi connectivity index (χ4n) is 3.04. The predicted octanol–water partition coefficient (Wildman–Crippen LogP) is 6.02. The molecule has 7 heteroatoms. The summed E-state index contributed by atoms with van der Waals surface area (Å²) in [5.41, 5.74) is 1.98. The first kappa shape index (κ1) is 24.4. The van der Waals surface area contributed by atoms with E-state index in [-0.39, 0.29) is 20.0 Å². The van der Waals surface area contributed by atoms with E-state index in [4.69, 9.17) is 4.74 Å². The van der Waals surface area contributed by atoms with Crippen molar-refractivity contribution in [1.82, 2.24) is 4.90 Å². The van der Waals surface area contributed by atoms with E-state index in [2.05, 4.69) is 6.58 Å². The third-order valence-electron chi connectivity index (χ3n) is 4.90. The van der Waals surface area contributed by atoms with E-state index in [0.717, 1.165) is 23.0 Å². The Morgan fingerprint density at radius 3 is 2.35 bits per heavy atom. The lowest BCUT2D eigenvalue weighted by molar-refractivity contribution is -0.184. The van der Waals surface area contributed by atoms with Crippen LogP contribution in [0.4, 0.5) is 17.6 Å². The summed E-state index contributed by atoms with van der Waals surface area (Å²) < 4.78 is 60.0. The molecule has 0 spiro atoms. The number of fused-ring (bicyclic) bond motifs is 1. The Bertz CT molecular complexity index is 879. The zero-order valence-corrected chi connectivity index (χ0v) is 17.7. The van der Waals surface area contributed by atoms with Crippen molar-refractivity contribution in [2.24, 2.45) is 0 Å². The molecule has 2 aromatic carbocycles. The van der Waals surface area contributed by atoms with Crippen LogP contribution in [0.3, 0.4) is 0 Å². The van der Waals surface area contributed by atoms with Crippen molar-refractivity contribution < 1.29 is 27.1 Å². The van der Waals surface area contributed by atoms with Crippen LogP contribution in [-0.2, 0) is 24.4 Å². The van der Waals surface area contributed by atoms with Crippen molar-refractivity contribution >= 4 is 6.29 Å². The Morgan fingerprint density at radius 2 is 1.77 bits per heavy atom. The number of nitrogens with zero attached hydrogens (tertiary/aromatic N) is 1. The zero-order chi connectivity index (χ0) is 23.1. The number of carbonyl (C=O) groups excluding carboxylic acids is 1. The quantitative estimate of drug-likeness (QED) is 0.392. The summed E-state index contributed by atoms with van der Waals surface area (Å²) in [6.45, 7) is 6.03. The normalized spacial score (nSPS) is 13.5. The second-order valence-electron chi connectivity index (χ2n) is 7.36. The molecule has 1 aliphatic rings. The fourth-order valence-corrected chi connectivity index (χ4v) is 3.04. The molecule has 0 atom stereocenters. The van der Waals surface area contributed by atoms with Crippen LogP contribution >= 0.6 is 0 Å². The number of alkyl halides is 4. The van der Waals surface area contributed by atoms with Crippen molar-refractivity contribution in [3.05, 3.63) is 77.5 Å². The minimum Gasteiger partial charge on any atom is -0.489 e. The van der Waals surface area contributed by atoms with Crippen LogP contribution in [-0.4, -0.2) is 29.6 Å². The SMILES string of the molecule is C=C(N1CCc2cc(OCc3ccccc3)ccc2C1)C(F)(F)C(C)(F)F.CCC=O. The van der Waals surface area contributed by atoms with E-state index in [9.17, 15) is 22.4 Å². The van der Waals surface area contributed by atoms with Gasteiger partial charge < -0.3 is 14.4 Å². The molecule has 0 saturated carbocycles. The van der Waals surface area contributed by atoms with Crippen molar-refractivity contribution in [3.63, 3.8) is 0 Å². The van der Waals surface area contributed by atoms with E-state index < -0.39 is 17.5 Å². The number of rotatable bonds is 7. The van der Waals surface area contributed by atoms with Gasteiger partial charge in [0.25, 0.3) is 0 Å². The molecular formula is C24H27F4NO2. The molecule has 3 nitrogen and oxygen atoms in total. The van der Waals surface area contributed by atoms with E-state index in [1.807, 2.05) is 43.3 Å². The maximum absolute atomic E-state index is 13.9. The third-order valence-corrected chi connectivity index (χ3v) is 4.90. The van der Waals surface area contributed by atoms with Crippen LogP contribution in [0, 0.1) is 0 Å². The van der Waals surface area contributed by atoms with Crippen molar-refractivity contribution in [3.8, 4) is 5.75 Å². The van der Waals surface area contributed by atoms with Crippen molar-refractivity contribution in [1.29, 1.82) is 0 Å². The highest BCUT2D eigenvalue weighted by Gasteiger charge is 2.56. The van der Waals surface area contributed by atoms with Gasteiger partial charge in [-0.1, -0.05) is 49.9 Å². The summed E-state index contributed by atoms with van der Waals surface area (Å²) in [4.78, 5) is 10.4. The van der Waals surface area contributed by atoms with Crippen molar-refractivity contribution in [2.75, 3.05) is 6.54 Å². The average Bonchev–Trinajstić information content (AvgIpc) is 2.76. The number of allylic oxidation sites excluding steroid dienone is 1. The van der Waals surface area contributed by atoms with Crippen LogP contribution in [0.15, 0.2) is 60.8 Å². The highest BCUT2D eigenvalue weighted by molar-refractivity contribution is 5.48. The molecule has 168 valence electrons. The molecule has 3 rings (SSSR count). The van der Waals surface area contributed by atoms with Crippen LogP contribution < -0.4 is 4.74 Å². The Labute approximate surface area is 180 Å². The lowest BCUT2D eigenvalue weighted by atomic mass is 9.97. The molecule has 0 unspecified atom stereocenters. The predicted molar refractivity (Wildman–Crippen MR) is 112 cm³/mol. The van der Waals surface area contributed by atoms with Gasteiger partial charge in [0.15, 0.2) is 0 Å². The lowest BCUT2D eigenvalue weighted by Gasteiger charge is -2.37. The zero-order valence-electron chi connectivity index (χ0n) is 17.7. The monoisotopic (exact) mass is 437 g/mol. The summed E-state index contributed by atoms with van der Waals surface area (Å²) >= 11 is 0. The number of benzene rings is 2. The minimum absolute atomic E-state index is 0.124. The summed E-state index contributed by atoms with van der Waals surface area (Å²) in [5, 5.41) is 0. The third kappa shape index (κ3) is 6.32. The van der Waals surface area contributed by atoms with Crippen molar-refractivity contribution in [2.45, 2.75) is 51.7 Å². The lowest BCUT2D eigenvalue weighted by Crippen LogP contribution is -2.46. The standard InChI is InChI=1S/C21H21F4NO.C3H6O/c1-15(21(24,25)20(2,22)23)26-11-10-17-12-19(9-8-18(17)13-26)27-14-16-6-4-3-5-7-16;1-2-3-4/h3-9,12H,1,10-11,13-14H2,2H3;3H,2H2,1H3. The van der Waals surface area contributed by atoms with E-state index >= 15 is 0 Å². The summed E-state index contributed by atoms with van der Waals surface area (Å²) in [7, 11) is 0. The number of aldehydes is 1. The number of hydrogen-bond acceptors (Lipinski definition) is 3. The molecular weight excluding hydrogens is 410 g/mol. The largest absolute Gasteiger partial charge is 0.489 e. The summed E-state index contributed by atoms with van der Waals surface area (Å²) in [6, 6.07) is 15.2. The van der Waals surface area contributed by atoms with Crippen LogP contribution in [0.5, 0.6) is 5.75 Å². The number of carbonyl (C=O) groups is 1. The number of ether oxygens (including phenoxy) is 1. The number of hydrogen-bond donors (Lipinski definition) is 0. The molecule has 0 radical (unpaired) electrons. The van der Waals surface area contributed by atoms with Gasteiger partial charge in [-0.25, -0.2) is 0 Å². The van der Waals surface area contributed by atoms with Crippen LogP contribution in [0.1, 0.15) is 37.0 Å². The first-order chi connectivity index (χ1) is 14.6. The van der Waals surface area contributed by atoms with Gasteiger partial charge in [0.05, 0.1) is 5.70 Å². The highest BCUT2D eigenvalue weighted by Crippen LogP contribution is 2.41. The van der Waals surface area contributed by atoms with Gasteiger partial charge >= 0.3 is 11.8 Å². The molecule has 1 heterocycles. The Kier molecular flexibility index (Phi) is 8.25. The molecule has 0 bridgehead atoms. The molecule has 0 fully saturated rings. The Morgan fingerprint density at radius 1 is 1.13 bits per heavy atom. The molecule has 0 amide bonds. The second-order valence-corrected chi connectivity index (χ2v) is 7.36. The van der Waals surface area contributed by atoms with Gasteiger partial charge in [-0.2, -0.15) is 17.6 Å². The Hall–Kier alpha value is -2.83. The topological polar surface area (TPSA) is 29.5 Å². The van der Waals surface area contributed by atoms with Gasteiger partial charge in [-0.05, 0) is 35.2 Å². The highest BCUT2D eigenvalue weighted by atomic mass is 19.3. The summed E-state index contributed by atoms with van der Waals surface area (Å²) in [6.07, 6.45) is 1.97. The Balaban J connectivity index is 0.000000785. The smallest absolute Gasteiger partial charge is 0.348 e. The van der Waals surface area contributed by atoms with Crippen LogP contribution in [0.25, 0.3) is 0 Å². The number of halogens is 4. The van der Waals surface area contributed by atoms with Gasteiger partial charge in [0, 0.05) is 26.4 Å². The second kappa shape index (κ2) is 10.5.